The first-order valence-electron chi connectivity index (χ1n) is 7.23. The number of hydrogen-bond acceptors (Lipinski definition) is 3. The van der Waals surface area contributed by atoms with Gasteiger partial charge in [-0.05, 0) is 52.3 Å². The Balaban J connectivity index is 1.64. The first kappa shape index (κ1) is 15.4. The Kier molecular flexibility index (Phi) is 3.86. The molecule has 1 N–H and O–H groups in total. The number of anilines is 1. The molecule has 1 aliphatic heterocycles. The van der Waals surface area contributed by atoms with Gasteiger partial charge in [0.1, 0.15) is 18.2 Å². The molecule has 120 valence electrons. The molecule has 0 bridgehead atoms. The van der Waals surface area contributed by atoms with Crippen LogP contribution in [0.25, 0.3) is 10.4 Å². The van der Waals surface area contributed by atoms with Crippen LogP contribution in [-0.4, -0.2) is 5.91 Å². The molecule has 0 fully saturated rings. The highest BCUT2D eigenvalue weighted by Gasteiger charge is 2.22. The third-order valence-electron chi connectivity index (χ3n) is 3.73. The van der Waals surface area contributed by atoms with Crippen molar-refractivity contribution in [3.63, 3.8) is 0 Å². The van der Waals surface area contributed by atoms with Gasteiger partial charge in [-0.15, -0.1) is 11.3 Å². The van der Waals surface area contributed by atoms with Crippen LogP contribution in [0.5, 0.6) is 5.75 Å². The van der Waals surface area contributed by atoms with Gasteiger partial charge in [-0.3, -0.25) is 4.79 Å². The summed E-state index contributed by atoms with van der Waals surface area (Å²) in [5.41, 5.74) is 2.54. The Morgan fingerprint density at radius 1 is 1.21 bits per heavy atom. The molecule has 4 rings (SSSR count). The van der Waals surface area contributed by atoms with Crippen molar-refractivity contribution in [1.29, 1.82) is 0 Å². The maximum atomic E-state index is 13.1. The summed E-state index contributed by atoms with van der Waals surface area (Å²) in [5.74, 6) is 0.250. The number of rotatable bonds is 2. The molecule has 0 radical (unpaired) electrons. The fourth-order valence-electron chi connectivity index (χ4n) is 2.59. The van der Waals surface area contributed by atoms with E-state index in [1.807, 2.05) is 30.3 Å². The van der Waals surface area contributed by atoms with E-state index >= 15 is 0 Å². The van der Waals surface area contributed by atoms with E-state index in [2.05, 4.69) is 21.2 Å². The monoisotopic (exact) mass is 403 g/mol. The lowest BCUT2D eigenvalue weighted by atomic mass is 10.1. The molecule has 0 atom stereocenters. The minimum Gasteiger partial charge on any atom is -0.488 e. The van der Waals surface area contributed by atoms with Crippen molar-refractivity contribution >= 4 is 38.9 Å². The number of carbonyl (C=O) groups is 1. The van der Waals surface area contributed by atoms with Crippen LogP contribution in [0.1, 0.15) is 15.2 Å². The van der Waals surface area contributed by atoms with Crippen molar-refractivity contribution in [2.75, 3.05) is 5.32 Å². The summed E-state index contributed by atoms with van der Waals surface area (Å²) in [6.45, 7) is 0.455. The maximum absolute atomic E-state index is 13.1. The zero-order valence-electron chi connectivity index (χ0n) is 12.3. The van der Waals surface area contributed by atoms with E-state index in [0.717, 1.165) is 21.8 Å². The molecule has 2 heterocycles. The molecule has 3 aromatic rings. The van der Waals surface area contributed by atoms with E-state index in [9.17, 15) is 9.18 Å². The molecule has 6 heteroatoms. The highest BCUT2D eigenvalue weighted by Crippen LogP contribution is 2.42. The number of nitrogens with one attached hydrogen (secondary N) is 1. The van der Waals surface area contributed by atoms with Gasteiger partial charge in [0.05, 0.1) is 10.6 Å². The molecule has 2 aromatic carbocycles. The van der Waals surface area contributed by atoms with Crippen LogP contribution in [0, 0.1) is 5.82 Å². The minimum atomic E-state index is -0.361. The summed E-state index contributed by atoms with van der Waals surface area (Å²) < 4.78 is 19.4. The lowest BCUT2D eigenvalue weighted by Crippen LogP contribution is -2.10. The molecule has 1 aliphatic rings. The molecule has 1 amide bonds. The number of ether oxygens (including phenoxy) is 1. The molecule has 0 saturated heterocycles. The van der Waals surface area contributed by atoms with Crippen LogP contribution in [-0.2, 0) is 6.61 Å². The van der Waals surface area contributed by atoms with Crippen molar-refractivity contribution < 1.29 is 13.9 Å². The highest BCUT2D eigenvalue weighted by molar-refractivity contribution is 9.10. The second-order valence-electron chi connectivity index (χ2n) is 5.33. The van der Waals surface area contributed by atoms with Gasteiger partial charge in [-0.1, -0.05) is 12.1 Å². The standard InChI is InChI=1S/C18H11BrFNO2S/c19-13-8-11(20)5-6-14(13)21-18(22)16-7-10-9-23-15-4-2-1-3-12(15)17(10)24-16/h1-8H,9H2,(H,21,22). The Hall–Kier alpha value is -2.18. The summed E-state index contributed by atoms with van der Waals surface area (Å²) >= 11 is 4.69. The fourth-order valence-corrected chi connectivity index (χ4v) is 4.13. The van der Waals surface area contributed by atoms with Gasteiger partial charge in [0.2, 0.25) is 0 Å². The lowest BCUT2D eigenvalue weighted by Gasteiger charge is -2.16. The highest BCUT2D eigenvalue weighted by atomic mass is 79.9. The molecule has 0 aliphatic carbocycles. The third kappa shape index (κ3) is 2.72. The normalized spacial score (nSPS) is 12.1. The molecular weight excluding hydrogens is 393 g/mol. The number of carbonyl (C=O) groups excluding carboxylic acids is 1. The Morgan fingerprint density at radius 2 is 2.04 bits per heavy atom. The first-order valence-corrected chi connectivity index (χ1v) is 8.84. The van der Waals surface area contributed by atoms with Gasteiger partial charge in [-0.25, -0.2) is 4.39 Å². The third-order valence-corrected chi connectivity index (χ3v) is 5.59. The number of para-hydroxylation sites is 1. The average molecular weight is 404 g/mol. The second kappa shape index (κ2) is 6.03. The van der Waals surface area contributed by atoms with Crippen LogP contribution in [0.4, 0.5) is 10.1 Å². The van der Waals surface area contributed by atoms with Crippen LogP contribution >= 0.6 is 27.3 Å². The number of fused-ring (bicyclic) bond motifs is 3. The van der Waals surface area contributed by atoms with E-state index < -0.39 is 0 Å². The lowest BCUT2D eigenvalue weighted by molar-refractivity contribution is 0.103. The summed E-state index contributed by atoms with van der Waals surface area (Å²) in [4.78, 5) is 14.2. The Bertz CT molecular complexity index is 954. The fraction of sp³-hybridized carbons (Fsp3) is 0.0556. The zero-order valence-corrected chi connectivity index (χ0v) is 14.7. The van der Waals surface area contributed by atoms with Gasteiger partial charge >= 0.3 is 0 Å². The molecular formula is C18H11BrFNO2S. The molecule has 0 spiro atoms. The van der Waals surface area contributed by atoms with Crippen LogP contribution in [0.2, 0.25) is 0 Å². The van der Waals surface area contributed by atoms with Gasteiger partial charge < -0.3 is 10.1 Å². The molecule has 3 nitrogen and oxygen atoms in total. The molecule has 0 unspecified atom stereocenters. The molecule has 1 aromatic heterocycles. The van der Waals surface area contributed by atoms with E-state index in [1.54, 1.807) is 0 Å². The minimum absolute atomic E-state index is 0.223. The Morgan fingerprint density at radius 3 is 2.88 bits per heavy atom. The number of halogens is 2. The average Bonchev–Trinajstić information content (AvgIpc) is 3.02. The van der Waals surface area contributed by atoms with Gasteiger partial charge in [0.25, 0.3) is 5.91 Å². The SMILES string of the molecule is O=C(Nc1ccc(F)cc1Br)c1cc2c(s1)-c1ccccc1OC2. The van der Waals surface area contributed by atoms with E-state index in [0.29, 0.717) is 21.6 Å². The summed E-state index contributed by atoms with van der Waals surface area (Å²) in [6, 6.07) is 13.8. The predicted octanol–water partition coefficient (Wildman–Crippen LogP) is 5.46. The van der Waals surface area contributed by atoms with Gasteiger partial charge in [0, 0.05) is 20.5 Å². The smallest absolute Gasteiger partial charge is 0.265 e. The van der Waals surface area contributed by atoms with Crippen molar-refractivity contribution in [1.82, 2.24) is 0 Å². The Labute approximate surface area is 150 Å². The largest absolute Gasteiger partial charge is 0.488 e. The molecule has 24 heavy (non-hydrogen) atoms. The van der Waals surface area contributed by atoms with Crippen LogP contribution in [0.3, 0.4) is 0 Å². The number of benzene rings is 2. The number of hydrogen-bond donors (Lipinski definition) is 1. The predicted molar refractivity (Wildman–Crippen MR) is 96.1 cm³/mol. The van der Waals surface area contributed by atoms with E-state index in [4.69, 9.17) is 4.74 Å². The van der Waals surface area contributed by atoms with Crippen LogP contribution in [0.15, 0.2) is 53.0 Å². The van der Waals surface area contributed by atoms with E-state index in [-0.39, 0.29) is 11.7 Å². The number of thiophene rings is 1. The van der Waals surface area contributed by atoms with Crippen LogP contribution < -0.4 is 10.1 Å². The van der Waals surface area contributed by atoms with E-state index in [1.165, 1.54) is 29.5 Å². The van der Waals surface area contributed by atoms with Gasteiger partial charge in [0.15, 0.2) is 0 Å². The quantitative estimate of drug-likeness (QED) is 0.616. The topological polar surface area (TPSA) is 38.3 Å². The van der Waals surface area contributed by atoms with Crippen molar-refractivity contribution in [2.45, 2.75) is 6.61 Å². The van der Waals surface area contributed by atoms with Crippen molar-refractivity contribution in [2.24, 2.45) is 0 Å². The summed E-state index contributed by atoms with van der Waals surface area (Å²) in [6.07, 6.45) is 0. The van der Waals surface area contributed by atoms with Gasteiger partial charge in [-0.2, -0.15) is 0 Å². The zero-order chi connectivity index (χ0) is 16.7. The van der Waals surface area contributed by atoms with Crippen molar-refractivity contribution in [3.05, 3.63) is 69.3 Å². The maximum Gasteiger partial charge on any atom is 0.265 e. The van der Waals surface area contributed by atoms with Crippen molar-refractivity contribution in [3.8, 4) is 16.2 Å². The first-order chi connectivity index (χ1) is 11.6. The second-order valence-corrected chi connectivity index (χ2v) is 7.23. The summed E-state index contributed by atoms with van der Waals surface area (Å²) in [7, 11) is 0. The number of amides is 1. The summed E-state index contributed by atoms with van der Waals surface area (Å²) in [5, 5.41) is 2.80. The molecule has 0 saturated carbocycles.